The number of nitrogens with zero attached hydrogens (tertiary/aromatic N) is 4. The zero-order chi connectivity index (χ0) is 23.9. The molecule has 1 saturated carbocycles. The summed E-state index contributed by atoms with van der Waals surface area (Å²) in [6, 6.07) is 9.04. The topological polar surface area (TPSA) is 95.8 Å². The number of hydrazine groups is 1. The van der Waals surface area contributed by atoms with E-state index in [1.165, 1.54) is 47.9 Å². The van der Waals surface area contributed by atoms with Crippen LogP contribution >= 0.6 is 0 Å². The minimum Gasteiger partial charge on any atom is -0.368 e. The number of aliphatic imine (C=N–C) groups is 1. The molecule has 0 amide bonds. The van der Waals surface area contributed by atoms with E-state index in [-0.39, 0.29) is 11.8 Å². The molecule has 0 spiro atoms. The number of aryl methyl sites for hydroxylation is 1. The number of hydrogen-bond donors (Lipinski definition) is 3. The van der Waals surface area contributed by atoms with Crippen LogP contribution in [0.15, 0.2) is 41.5 Å². The van der Waals surface area contributed by atoms with Crippen LogP contribution in [0.4, 0.5) is 19.0 Å². The number of hydrogen-bond acceptors (Lipinski definition) is 7. The second kappa shape index (κ2) is 8.83. The highest BCUT2D eigenvalue weighted by Crippen LogP contribution is 2.32. The number of aromatic nitrogens is 1. The first-order chi connectivity index (χ1) is 16.2. The Labute approximate surface area is 197 Å². The van der Waals surface area contributed by atoms with Crippen LogP contribution in [0.3, 0.4) is 0 Å². The second-order valence-corrected chi connectivity index (χ2v) is 9.40. The summed E-state index contributed by atoms with van der Waals surface area (Å²) in [7, 11) is 0. The first-order valence-corrected chi connectivity index (χ1v) is 11.8. The summed E-state index contributed by atoms with van der Waals surface area (Å²) in [6.07, 6.45) is 4.65. The van der Waals surface area contributed by atoms with Gasteiger partial charge in [-0.25, -0.2) is 15.0 Å². The lowest BCUT2D eigenvalue weighted by Crippen LogP contribution is -2.53. The van der Waals surface area contributed by atoms with Gasteiger partial charge in [0, 0.05) is 24.3 Å². The molecule has 10 heteroatoms. The van der Waals surface area contributed by atoms with E-state index in [0.717, 1.165) is 50.2 Å². The molecular formula is C24H30F3N7. The van der Waals surface area contributed by atoms with Crippen LogP contribution in [0.25, 0.3) is 0 Å². The van der Waals surface area contributed by atoms with Crippen LogP contribution in [0, 0.1) is 0 Å². The first kappa shape index (κ1) is 23.1. The largest absolute Gasteiger partial charge is 0.417 e. The van der Waals surface area contributed by atoms with Gasteiger partial charge in [-0.05, 0) is 61.9 Å². The molecule has 1 aliphatic carbocycles. The summed E-state index contributed by atoms with van der Waals surface area (Å²) in [6.45, 7) is 2.17. The maximum absolute atomic E-state index is 12.9. The molecule has 3 heterocycles. The molecule has 3 aliphatic rings. The minimum absolute atomic E-state index is 0.0360. The predicted molar refractivity (Wildman–Crippen MR) is 125 cm³/mol. The van der Waals surface area contributed by atoms with E-state index in [1.54, 1.807) is 0 Å². The Morgan fingerprint density at radius 1 is 1.00 bits per heavy atom. The lowest BCUT2D eigenvalue weighted by Gasteiger charge is -2.32. The molecule has 34 heavy (non-hydrogen) atoms. The van der Waals surface area contributed by atoms with Crippen molar-refractivity contribution >= 4 is 11.8 Å². The second-order valence-electron chi connectivity index (χ2n) is 9.40. The quantitative estimate of drug-likeness (QED) is 0.634. The average Bonchev–Trinajstić information content (AvgIpc) is 3.42. The number of fused-ring (bicyclic) bond motifs is 1. The van der Waals surface area contributed by atoms with E-state index in [4.69, 9.17) is 11.5 Å². The maximum Gasteiger partial charge on any atom is 0.417 e. The number of rotatable bonds is 3. The smallest absolute Gasteiger partial charge is 0.368 e. The Kier molecular flexibility index (Phi) is 5.99. The number of halogens is 3. The van der Waals surface area contributed by atoms with Crippen LogP contribution in [-0.4, -0.2) is 35.0 Å². The highest BCUT2D eigenvalue weighted by molar-refractivity contribution is 5.95. The Hall–Kier alpha value is -2.69. The van der Waals surface area contributed by atoms with E-state index < -0.39 is 17.5 Å². The Balaban J connectivity index is 1.35. The summed E-state index contributed by atoms with van der Waals surface area (Å²) in [5.41, 5.74) is 18.2. The van der Waals surface area contributed by atoms with Crippen LogP contribution < -0.4 is 21.9 Å². The number of pyridine rings is 1. The fraction of sp³-hybridized carbons (Fsp3) is 0.500. The van der Waals surface area contributed by atoms with Crippen molar-refractivity contribution in [2.24, 2.45) is 16.5 Å². The Bertz CT molecular complexity index is 1060. The molecule has 1 unspecified atom stereocenters. The summed E-state index contributed by atoms with van der Waals surface area (Å²) < 4.78 is 38.6. The van der Waals surface area contributed by atoms with Crippen LogP contribution in [0.2, 0.25) is 0 Å². The van der Waals surface area contributed by atoms with E-state index in [9.17, 15) is 13.2 Å². The van der Waals surface area contributed by atoms with Gasteiger partial charge < -0.3 is 10.6 Å². The highest BCUT2D eigenvalue weighted by Gasteiger charge is 2.38. The van der Waals surface area contributed by atoms with Crippen molar-refractivity contribution in [3.05, 3.63) is 58.8 Å². The van der Waals surface area contributed by atoms with Crippen molar-refractivity contribution in [2.75, 3.05) is 18.1 Å². The molecule has 182 valence electrons. The molecule has 0 bridgehead atoms. The average molecular weight is 474 g/mol. The number of alkyl halides is 3. The SMILES string of the molecule is NC1=NC(N)(c2ccc3c(c2)CCN(C2CCCC2)CCC3)NN1c1ccc(C(F)(F)F)cn1. The molecule has 0 radical (unpaired) electrons. The van der Waals surface area contributed by atoms with Gasteiger partial charge in [0.1, 0.15) is 5.82 Å². The number of benzene rings is 1. The van der Waals surface area contributed by atoms with E-state index in [1.807, 2.05) is 6.07 Å². The number of guanidine groups is 1. The minimum atomic E-state index is -4.46. The van der Waals surface area contributed by atoms with E-state index in [0.29, 0.717) is 6.04 Å². The summed E-state index contributed by atoms with van der Waals surface area (Å²) >= 11 is 0. The highest BCUT2D eigenvalue weighted by atomic mass is 19.4. The van der Waals surface area contributed by atoms with Gasteiger partial charge in [-0.3, -0.25) is 5.73 Å². The van der Waals surface area contributed by atoms with Gasteiger partial charge in [-0.2, -0.15) is 18.6 Å². The van der Waals surface area contributed by atoms with Gasteiger partial charge in [-0.15, -0.1) is 0 Å². The zero-order valence-electron chi connectivity index (χ0n) is 19.0. The molecule has 1 fully saturated rings. The maximum atomic E-state index is 12.9. The van der Waals surface area contributed by atoms with E-state index in [2.05, 4.69) is 32.4 Å². The summed E-state index contributed by atoms with van der Waals surface area (Å²) in [4.78, 5) is 10.9. The van der Waals surface area contributed by atoms with Gasteiger partial charge >= 0.3 is 6.18 Å². The molecule has 5 N–H and O–H groups in total. The molecule has 7 nitrogen and oxygen atoms in total. The monoisotopic (exact) mass is 473 g/mol. The summed E-state index contributed by atoms with van der Waals surface area (Å²) in [5, 5.41) is 1.32. The van der Waals surface area contributed by atoms with Gasteiger partial charge in [0.15, 0.2) is 0 Å². The predicted octanol–water partition coefficient (Wildman–Crippen LogP) is 3.24. The van der Waals surface area contributed by atoms with Crippen LogP contribution in [0.1, 0.15) is 54.4 Å². The van der Waals surface area contributed by atoms with Crippen molar-refractivity contribution in [1.82, 2.24) is 15.3 Å². The van der Waals surface area contributed by atoms with Gasteiger partial charge in [0.05, 0.1) is 5.56 Å². The fourth-order valence-electron chi connectivity index (χ4n) is 5.30. The third-order valence-electron chi connectivity index (χ3n) is 7.15. The third-order valence-corrected chi connectivity index (χ3v) is 7.15. The lowest BCUT2D eigenvalue weighted by atomic mass is 9.93. The zero-order valence-corrected chi connectivity index (χ0v) is 19.0. The Morgan fingerprint density at radius 2 is 1.79 bits per heavy atom. The molecule has 5 rings (SSSR count). The molecule has 1 aromatic carbocycles. The van der Waals surface area contributed by atoms with Gasteiger partial charge in [-0.1, -0.05) is 31.0 Å². The van der Waals surface area contributed by atoms with Crippen molar-refractivity contribution in [3.63, 3.8) is 0 Å². The summed E-state index contributed by atoms with van der Waals surface area (Å²) in [5.74, 6) is -1.12. The molecule has 1 aromatic heterocycles. The molecule has 2 aromatic rings. The molecule has 0 saturated heterocycles. The fourth-order valence-corrected chi connectivity index (χ4v) is 5.30. The van der Waals surface area contributed by atoms with Crippen molar-refractivity contribution in [1.29, 1.82) is 0 Å². The normalized spacial score (nSPS) is 24.6. The lowest BCUT2D eigenvalue weighted by molar-refractivity contribution is -0.137. The van der Waals surface area contributed by atoms with Crippen molar-refractivity contribution in [3.8, 4) is 0 Å². The number of nitrogens with one attached hydrogen (secondary N) is 1. The third kappa shape index (κ3) is 4.49. The number of anilines is 1. The number of nitrogens with two attached hydrogens (primary N) is 2. The molecule has 2 aliphatic heterocycles. The van der Waals surface area contributed by atoms with Gasteiger partial charge in [0.2, 0.25) is 11.7 Å². The molecular weight excluding hydrogens is 443 g/mol. The van der Waals surface area contributed by atoms with Gasteiger partial charge in [0.25, 0.3) is 0 Å². The van der Waals surface area contributed by atoms with Crippen molar-refractivity contribution < 1.29 is 13.2 Å². The Morgan fingerprint density at radius 3 is 2.50 bits per heavy atom. The van der Waals surface area contributed by atoms with Crippen molar-refractivity contribution in [2.45, 2.75) is 63.0 Å². The standard InChI is InChI=1S/C24H30F3N7/c25-23(26,27)19-9-10-21(30-15-19)34-22(28)31-24(29,32-34)18-8-7-16-4-3-12-33(13-11-17(16)14-18)20-5-1-2-6-20/h7-10,14-15,20,32H,1-6,11-13,29H2,(H2,28,31). The molecule has 1 atom stereocenters. The first-order valence-electron chi connectivity index (χ1n) is 11.8. The van der Waals surface area contributed by atoms with E-state index >= 15 is 0 Å². The van der Waals surface area contributed by atoms with Crippen LogP contribution in [0.5, 0.6) is 0 Å². The van der Waals surface area contributed by atoms with Crippen LogP contribution in [-0.2, 0) is 24.8 Å².